The van der Waals surface area contributed by atoms with E-state index in [4.69, 9.17) is 9.72 Å². The molecule has 4 aromatic rings. The first-order chi connectivity index (χ1) is 17.0. The van der Waals surface area contributed by atoms with Crippen molar-refractivity contribution in [2.24, 2.45) is 5.10 Å². The topological polar surface area (TPSA) is 85.6 Å². The maximum atomic E-state index is 13.4. The van der Waals surface area contributed by atoms with Crippen molar-refractivity contribution < 1.29 is 9.53 Å². The van der Waals surface area contributed by atoms with Crippen LogP contribution in [0, 0.1) is 6.92 Å². The highest BCUT2D eigenvalue weighted by molar-refractivity contribution is 7.99. The number of allylic oxidation sites excluding steroid dienone is 1. The number of ether oxygens (including phenoxy) is 1. The third kappa shape index (κ3) is 5.70. The maximum absolute atomic E-state index is 13.4. The van der Waals surface area contributed by atoms with Gasteiger partial charge >= 0.3 is 0 Å². The molecule has 7 nitrogen and oxygen atoms in total. The molecule has 4 rings (SSSR count). The third-order valence-electron chi connectivity index (χ3n) is 5.18. The van der Waals surface area contributed by atoms with Gasteiger partial charge in [-0.1, -0.05) is 47.7 Å². The van der Waals surface area contributed by atoms with Gasteiger partial charge in [0.25, 0.3) is 11.5 Å². The molecule has 2 aromatic carbocycles. The van der Waals surface area contributed by atoms with Crippen LogP contribution in [-0.2, 0) is 11.3 Å². The Hall–Kier alpha value is -3.69. The van der Waals surface area contributed by atoms with Crippen molar-refractivity contribution in [2.75, 3.05) is 12.9 Å². The lowest BCUT2D eigenvalue weighted by atomic mass is 10.1. The minimum Gasteiger partial charge on any atom is -0.497 e. The first-order valence-corrected chi connectivity index (χ1v) is 12.7. The van der Waals surface area contributed by atoms with Crippen LogP contribution in [0.4, 0.5) is 0 Å². The van der Waals surface area contributed by atoms with Gasteiger partial charge in [-0.05, 0) is 42.3 Å². The van der Waals surface area contributed by atoms with Gasteiger partial charge in [0.2, 0.25) is 0 Å². The lowest BCUT2D eigenvalue weighted by Gasteiger charge is -2.10. The van der Waals surface area contributed by atoms with Crippen LogP contribution in [-0.4, -0.2) is 34.5 Å². The van der Waals surface area contributed by atoms with Crippen molar-refractivity contribution in [3.63, 3.8) is 0 Å². The predicted molar refractivity (Wildman–Crippen MR) is 144 cm³/mol. The Morgan fingerprint density at radius 3 is 2.66 bits per heavy atom. The van der Waals surface area contributed by atoms with Gasteiger partial charge in [-0.15, -0.1) is 17.9 Å². The van der Waals surface area contributed by atoms with E-state index >= 15 is 0 Å². The van der Waals surface area contributed by atoms with E-state index in [2.05, 4.69) is 17.1 Å². The van der Waals surface area contributed by atoms with Gasteiger partial charge in [0.15, 0.2) is 5.16 Å². The molecule has 2 heterocycles. The number of hydrazone groups is 1. The SMILES string of the molecule is C=CCn1c(SCC(=O)N/N=C/c2ccc(OC)cc2)nc2scc(-c3ccc(C)cc3)c2c1=O. The first-order valence-electron chi connectivity index (χ1n) is 10.8. The molecular formula is C26H24N4O3S2. The van der Waals surface area contributed by atoms with E-state index in [1.54, 1.807) is 24.0 Å². The fourth-order valence-electron chi connectivity index (χ4n) is 3.38. The zero-order valence-corrected chi connectivity index (χ0v) is 21.0. The van der Waals surface area contributed by atoms with Gasteiger partial charge in [-0.25, -0.2) is 10.4 Å². The summed E-state index contributed by atoms with van der Waals surface area (Å²) in [5.74, 6) is 0.505. The number of nitrogens with one attached hydrogen (secondary N) is 1. The number of thioether (sulfide) groups is 1. The van der Waals surface area contributed by atoms with Gasteiger partial charge in [0.05, 0.1) is 24.5 Å². The number of carbonyl (C=O) groups is 1. The average molecular weight is 505 g/mol. The average Bonchev–Trinajstić information content (AvgIpc) is 3.30. The van der Waals surface area contributed by atoms with Crippen LogP contribution in [0.25, 0.3) is 21.3 Å². The van der Waals surface area contributed by atoms with Gasteiger partial charge in [-0.2, -0.15) is 5.10 Å². The summed E-state index contributed by atoms with van der Waals surface area (Å²) in [5, 5.41) is 7.00. The Kier molecular flexibility index (Phi) is 7.79. The number of aromatic nitrogens is 2. The van der Waals surface area contributed by atoms with Crippen molar-refractivity contribution in [3.05, 3.63) is 88.0 Å². The van der Waals surface area contributed by atoms with E-state index in [-0.39, 0.29) is 17.2 Å². The lowest BCUT2D eigenvalue weighted by molar-refractivity contribution is -0.118. The number of methoxy groups -OCH3 is 1. The fraction of sp³-hybridized carbons (Fsp3) is 0.154. The number of hydrogen-bond donors (Lipinski definition) is 1. The fourth-order valence-corrected chi connectivity index (χ4v) is 5.17. The Morgan fingerprint density at radius 1 is 1.23 bits per heavy atom. The molecule has 0 fully saturated rings. The Labute approximate surface area is 211 Å². The van der Waals surface area contributed by atoms with Gasteiger partial charge in [0, 0.05) is 17.5 Å². The highest BCUT2D eigenvalue weighted by Gasteiger charge is 2.17. The molecule has 1 N–H and O–H groups in total. The van der Waals surface area contributed by atoms with Crippen molar-refractivity contribution in [1.82, 2.24) is 15.0 Å². The highest BCUT2D eigenvalue weighted by Crippen LogP contribution is 2.32. The van der Waals surface area contributed by atoms with Crippen LogP contribution in [0.2, 0.25) is 0 Å². The largest absolute Gasteiger partial charge is 0.497 e. The quantitative estimate of drug-likeness (QED) is 0.116. The molecule has 0 unspecified atom stereocenters. The summed E-state index contributed by atoms with van der Waals surface area (Å²) in [6.45, 7) is 6.09. The van der Waals surface area contributed by atoms with E-state index in [1.165, 1.54) is 23.1 Å². The summed E-state index contributed by atoms with van der Waals surface area (Å²) < 4.78 is 6.68. The number of aryl methyl sites for hydroxylation is 1. The Morgan fingerprint density at radius 2 is 1.97 bits per heavy atom. The van der Waals surface area contributed by atoms with Gasteiger partial charge in [0.1, 0.15) is 10.6 Å². The highest BCUT2D eigenvalue weighted by atomic mass is 32.2. The maximum Gasteiger partial charge on any atom is 0.263 e. The van der Waals surface area contributed by atoms with Crippen molar-refractivity contribution in [2.45, 2.75) is 18.6 Å². The summed E-state index contributed by atoms with van der Waals surface area (Å²) in [5.41, 5.74) is 6.18. The van der Waals surface area contributed by atoms with Crippen LogP contribution in [0.5, 0.6) is 5.75 Å². The molecule has 0 saturated carbocycles. The number of amides is 1. The number of fused-ring (bicyclic) bond motifs is 1. The molecule has 178 valence electrons. The van der Waals surface area contributed by atoms with Gasteiger partial charge < -0.3 is 4.74 Å². The summed E-state index contributed by atoms with van der Waals surface area (Å²) in [6.07, 6.45) is 3.20. The Balaban J connectivity index is 1.51. The van der Waals surface area contributed by atoms with Crippen LogP contribution < -0.4 is 15.7 Å². The molecule has 0 spiro atoms. The smallest absolute Gasteiger partial charge is 0.263 e. The number of rotatable bonds is 9. The number of hydrogen-bond acceptors (Lipinski definition) is 7. The lowest BCUT2D eigenvalue weighted by Crippen LogP contribution is -2.24. The first kappa shape index (κ1) is 24.4. The normalized spacial score (nSPS) is 11.1. The molecule has 2 aromatic heterocycles. The molecule has 0 aliphatic carbocycles. The number of carbonyl (C=O) groups excluding carboxylic acids is 1. The predicted octanol–water partition coefficient (Wildman–Crippen LogP) is 4.87. The van der Waals surface area contributed by atoms with E-state index < -0.39 is 0 Å². The molecular weight excluding hydrogens is 480 g/mol. The van der Waals surface area contributed by atoms with Crippen LogP contribution in [0.1, 0.15) is 11.1 Å². The summed E-state index contributed by atoms with van der Waals surface area (Å²) in [7, 11) is 1.60. The monoisotopic (exact) mass is 504 g/mol. The molecule has 0 atom stereocenters. The van der Waals surface area contributed by atoms with Crippen molar-refractivity contribution in [3.8, 4) is 16.9 Å². The van der Waals surface area contributed by atoms with Gasteiger partial charge in [-0.3, -0.25) is 14.2 Å². The molecule has 0 aliphatic heterocycles. The molecule has 9 heteroatoms. The van der Waals surface area contributed by atoms with Crippen LogP contribution >= 0.6 is 23.1 Å². The molecule has 0 saturated heterocycles. The van der Waals surface area contributed by atoms with E-state index in [1.807, 2.05) is 60.8 Å². The third-order valence-corrected chi connectivity index (χ3v) is 7.03. The molecule has 0 aliphatic rings. The second-order valence-electron chi connectivity index (χ2n) is 7.65. The van der Waals surface area contributed by atoms with E-state index in [0.717, 1.165) is 28.0 Å². The molecule has 0 bridgehead atoms. The molecule has 35 heavy (non-hydrogen) atoms. The van der Waals surface area contributed by atoms with E-state index in [9.17, 15) is 9.59 Å². The second-order valence-corrected chi connectivity index (χ2v) is 9.45. The molecule has 0 radical (unpaired) electrons. The van der Waals surface area contributed by atoms with Crippen molar-refractivity contribution >= 4 is 45.4 Å². The number of nitrogens with zero attached hydrogens (tertiary/aromatic N) is 3. The number of benzene rings is 2. The minimum absolute atomic E-state index is 0.0608. The van der Waals surface area contributed by atoms with Crippen LogP contribution in [0.15, 0.2) is 81.6 Å². The second kappa shape index (κ2) is 11.2. The van der Waals surface area contributed by atoms with E-state index in [0.29, 0.717) is 21.9 Å². The van der Waals surface area contributed by atoms with Crippen molar-refractivity contribution in [1.29, 1.82) is 0 Å². The Bertz CT molecular complexity index is 1440. The summed E-state index contributed by atoms with van der Waals surface area (Å²) in [4.78, 5) is 31.1. The minimum atomic E-state index is -0.300. The zero-order chi connectivity index (χ0) is 24.8. The number of thiophene rings is 1. The molecule has 1 amide bonds. The standard InChI is InChI=1S/C26H24N4O3S2/c1-4-13-30-25(32)23-21(19-9-5-17(2)6-10-19)15-34-24(23)28-26(30)35-16-22(31)29-27-14-18-7-11-20(33-3)12-8-18/h4-12,14-15H,1,13,16H2,2-3H3,(H,29,31)/b27-14+. The van der Waals surface area contributed by atoms with Crippen LogP contribution in [0.3, 0.4) is 0 Å². The summed E-state index contributed by atoms with van der Waals surface area (Å²) >= 11 is 2.61. The zero-order valence-electron chi connectivity index (χ0n) is 19.4. The summed E-state index contributed by atoms with van der Waals surface area (Å²) in [6, 6.07) is 15.4.